The molecule has 0 spiro atoms. The number of carbonyl (C=O) groups excluding carboxylic acids is 1. The van der Waals surface area contributed by atoms with Crippen molar-refractivity contribution in [2.45, 2.75) is 43.7 Å². The van der Waals surface area contributed by atoms with Crippen LogP contribution in [0.15, 0.2) is 69.8 Å². The predicted octanol–water partition coefficient (Wildman–Crippen LogP) is 5.64. The minimum Gasteiger partial charge on any atom is -0.460 e. The van der Waals surface area contributed by atoms with Crippen LogP contribution in [0.3, 0.4) is 0 Å². The Balaban J connectivity index is 1.76. The van der Waals surface area contributed by atoms with Crippen molar-refractivity contribution in [2.75, 3.05) is 5.32 Å². The fraction of sp³-hybridized carbons (Fsp3) is 0.240. The maximum absolute atomic E-state index is 14.0. The van der Waals surface area contributed by atoms with Gasteiger partial charge >= 0.3 is 5.97 Å². The van der Waals surface area contributed by atoms with Crippen LogP contribution in [0.2, 0.25) is 5.02 Å². The van der Waals surface area contributed by atoms with E-state index in [0.717, 1.165) is 0 Å². The molecule has 1 aromatic heterocycles. The first-order valence-electron chi connectivity index (χ1n) is 10.7. The van der Waals surface area contributed by atoms with Crippen LogP contribution >= 0.6 is 23.4 Å². The lowest BCUT2D eigenvalue weighted by Gasteiger charge is -2.29. The number of aromatic nitrogens is 2. The highest BCUT2D eigenvalue weighted by Crippen LogP contribution is 2.40. The van der Waals surface area contributed by atoms with E-state index >= 15 is 0 Å². The Kier molecular flexibility index (Phi) is 7.09. The molecule has 0 bridgehead atoms. The number of aromatic amines is 1. The molecule has 0 radical (unpaired) electrons. The van der Waals surface area contributed by atoms with E-state index in [1.54, 1.807) is 63.2 Å². The van der Waals surface area contributed by atoms with Crippen LogP contribution in [0.25, 0.3) is 0 Å². The third-order valence-electron chi connectivity index (χ3n) is 5.31. The molecule has 1 aliphatic rings. The van der Waals surface area contributed by atoms with Crippen molar-refractivity contribution >= 4 is 35.1 Å². The number of nitrogens with one attached hydrogen (secondary N) is 2. The number of nitrogens with zero attached hydrogens (tertiary/aromatic N) is 1. The largest absolute Gasteiger partial charge is 0.460 e. The first-order valence-corrected chi connectivity index (χ1v) is 12.1. The monoisotopic (exact) mass is 499 g/mol. The van der Waals surface area contributed by atoms with Crippen LogP contribution in [-0.2, 0) is 15.3 Å². The van der Waals surface area contributed by atoms with Crippen molar-refractivity contribution in [3.8, 4) is 0 Å². The molecule has 1 aliphatic heterocycles. The Morgan fingerprint density at radius 2 is 1.91 bits per heavy atom. The number of fused-ring (bicyclic) bond motifs is 1. The van der Waals surface area contributed by atoms with Crippen LogP contribution in [-0.4, -0.2) is 22.0 Å². The minimum atomic E-state index is -0.693. The number of thioether (sulfide) groups is 1. The van der Waals surface area contributed by atoms with Crippen molar-refractivity contribution in [3.05, 3.63) is 97.7 Å². The molecule has 0 amide bonds. The molecule has 4 rings (SSSR count). The number of benzene rings is 2. The first kappa shape index (κ1) is 24.0. The van der Waals surface area contributed by atoms with E-state index in [0.29, 0.717) is 49.7 Å². The van der Waals surface area contributed by atoms with Crippen molar-refractivity contribution in [1.82, 2.24) is 9.97 Å². The summed E-state index contributed by atoms with van der Waals surface area (Å²) < 4.78 is 19.5. The van der Waals surface area contributed by atoms with Crippen molar-refractivity contribution in [3.63, 3.8) is 0 Å². The molecule has 34 heavy (non-hydrogen) atoms. The highest BCUT2D eigenvalue weighted by Gasteiger charge is 2.36. The first-order chi connectivity index (χ1) is 16.2. The van der Waals surface area contributed by atoms with E-state index < -0.39 is 17.4 Å². The summed E-state index contributed by atoms with van der Waals surface area (Å²) in [5.41, 5.74) is 2.01. The number of ether oxygens (including phenoxy) is 1. The smallest absolute Gasteiger partial charge is 0.337 e. The number of rotatable bonds is 6. The molecule has 0 saturated heterocycles. The SMILES string of the molecule is CC1=C(C(=O)OC(C)C)C(c2ccc(Cl)cc2)c2c(nc(SCc3ccccc3F)[nH]c2=O)N1. The van der Waals surface area contributed by atoms with E-state index in [1.807, 2.05) is 0 Å². The van der Waals surface area contributed by atoms with Crippen LogP contribution in [0.4, 0.5) is 10.2 Å². The Labute approximate surface area is 205 Å². The Hall–Kier alpha value is -3.10. The van der Waals surface area contributed by atoms with E-state index in [4.69, 9.17) is 16.3 Å². The van der Waals surface area contributed by atoms with Gasteiger partial charge in [-0.05, 0) is 50.1 Å². The second-order valence-corrected chi connectivity index (χ2v) is 9.52. The summed E-state index contributed by atoms with van der Waals surface area (Å²) in [5, 5.41) is 3.98. The maximum atomic E-state index is 14.0. The lowest BCUT2D eigenvalue weighted by Crippen LogP contribution is -2.31. The van der Waals surface area contributed by atoms with Gasteiger partial charge in [-0.3, -0.25) is 4.79 Å². The highest BCUT2D eigenvalue weighted by molar-refractivity contribution is 7.98. The van der Waals surface area contributed by atoms with Crippen LogP contribution < -0.4 is 10.9 Å². The Morgan fingerprint density at radius 3 is 2.59 bits per heavy atom. The fourth-order valence-electron chi connectivity index (χ4n) is 3.80. The Morgan fingerprint density at radius 1 is 1.21 bits per heavy atom. The van der Waals surface area contributed by atoms with E-state index in [2.05, 4.69) is 15.3 Å². The van der Waals surface area contributed by atoms with E-state index in [9.17, 15) is 14.0 Å². The Bertz CT molecular complexity index is 1320. The molecule has 1 unspecified atom stereocenters. The summed E-state index contributed by atoms with van der Waals surface area (Å²) in [6, 6.07) is 13.4. The lowest BCUT2D eigenvalue weighted by atomic mass is 9.82. The topological polar surface area (TPSA) is 84.1 Å². The summed E-state index contributed by atoms with van der Waals surface area (Å²) in [6.45, 7) is 5.28. The second-order valence-electron chi connectivity index (χ2n) is 8.12. The zero-order valence-electron chi connectivity index (χ0n) is 18.8. The van der Waals surface area contributed by atoms with Crippen molar-refractivity contribution < 1.29 is 13.9 Å². The van der Waals surface area contributed by atoms with Gasteiger partial charge in [-0.1, -0.05) is 53.7 Å². The average molecular weight is 500 g/mol. The normalized spacial score (nSPS) is 15.2. The third kappa shape index (κ3) is 5.03. The molecular formula is C25H23ClFN3O3S. The molecule has 1 atom stereocenters. The van der Waals surface area contributed by atoms with Gasteiger partial charge in [0.15, 0.2) is 5.16 Å². The number of carbonyl (C=O) groups is 1. The van der Waals surface area contributed by atoms with Crippen LogP contribution in [0.1, 0.15) is 43.4 Å². The number of hydrogen-bond donors (Lipinski definition) is 2. The average Bonchev–Trinajstić information content (AvgIpc) is 2.77. The third-order valence-corrected chi connectivity index (χ3v) is 6.48. The van der Waals surface area contributed by atoms with Gasteiger partial charge in [-0.2, -0.15) is 0 Å². The molecular weight excluding hydrogens is 477 g/mol. The second kappa shape index (κ2) is 10.0. The number of halogens is 2. The molecule has 2 aromatic carbocycles. The van der Waals surface area contributed by atoms with Crippen LogP contribution in [0.5, 0.6) is 0 Å². The summed E-state index contributed by atoms with van der Waals surface area (Å²) in [6.07, 6.45) is -0.325. The molecule has 2 N–H and O–H groups in total. The molecule has 0 saturated carbocycles. The number of esters is 1. The molecule has 0 aliphatic carbocycles. The van der Waals surface area contributed by atoms with Gasteiger partial charge in [0.2, 0.25) is 0 Å². The number of allylic oxidation sites excluding steroid dienone is 1. The van der Waals surface area contributed by atoms with Crippen LogP contribution in [0, 0.1) is 5.82 Å². The molecule has 9 heteroatoms. The zero-order chi connectivity index (χ0) is 24.4. The summed E-state index contributed by atoms with van der Waals surface area (Å²) in [4.78, 5) is 33.7. The summed E-state index contributed by atoms with van der Waals surface area (Å²) in [5.74, 6) is -0.873. The predicted molar refractivity (Wildman–Crippen MR) is 132 cm³/mol. The van der Waals surface area contributed by atoms with E-state index in [-0.39, 0.29) is 11.9 Å². The highest BCUT2D eigenvalue weighted by atomic mass is 35.5. The minimum absolute atomic E-state index is 0.301. The lowest BCUT2D eigenvalue weighted by molar-refractivity contribution is -0.143. The summed E-state index contributed by atoms with van der Waals surface area (Å²) >= 11 is 7.29. The zero-order valence-corrected chi connectivity index (χ0v) is 20.4. The molecule has 6 nitrogen and oxygen atoms in total. The molecule has 2 heterocycles. The summed E-state index contributed by atoms with van der Waals surface area (Å²) in [7, 11) is 0. The van der Waals surface area contributed by atoms with Gasteiger partial charge in [0.25, 0.3) is 5.56 Å². The molecule has 0 fully saturated rings. The van der Waals surface area contributed by atoms with Gasteiger partial charge in [0.05, 0.1) is 23.2 Å². The van der Waals surface area contributed by atoms with Gasteiger partial charge in [-0.25, -0.2) is 14.2 Å². The van der Waals surface area contributed by atoms with Crippen molar-refractivity contribution in [2.24, 2.45) is 0 Å². The fourth-order valence-corrected chi connectivity index (χ4v) is 4.77. The number of hydrogen-bond acceptors (Lipinski definition) is 6. The number of H-pyrrole nitrogens is 1. The van der Waals surface area contributed by atoms with Crippen molar-refractivity contribution in [1.29, 1.82) is 0 Å². The molecule has 176 valence electrons. The van der Waals surface area contributed by atoms with Gasteiger partial charge in [0, 0.05) is 16.5 Å². The quantitative estimate of drug-likeness (QED) is 0.259. The van der Waals surface area contributed by atoms with E-state index in [1.165, 1.54) is 17.8 Å². The van der Waals surface area contributed by atoms with Gasteiger partial charge in [-0.15, -0.1) is 0 Å². The van der Waals surface area contributed by atoms with Gasteiger partial charge < -0.3 is 15.0 Å². The maximum Gasteiger partial charge on any atom is 0.337 e. The molecule has 3 aromatic rings. The number of anilines is 1. The standard InChI is InChI=1S/C25H23ClFN3O3S/c1-13(2)33-24(32)19-14(3)28-22-21(20(19)15-8-10-17(26)11-9-15)23(31)30-25(29-22)34-12-16-6-4-5-7-18(16)27/h4-11,13,20H,12H2,1-3H3,(H2,28,29,30,31). The van der Waals surface area contributed by atoms with Gasteiger partial charge in [0.1, 0.15) is 11.6 Å².